The maximum Gasteiger partial charge on any atom is 0.0495 e. The first-order valence-electron chi connectivity index (χ1n) is 5.18. The molecule has 70 valence electrons. The van der Waals surface area contributed by atoms with Gasteiger partial charge in [0.15, 0.2) is 0 Å². The molecule has 1 heterocycles. The van der Waals surface area contributed by atoms with Crippen LogP contribution in [0.3, 0.4) is 0 Å². The average molecular weight is 169 g/mol. The lowest BCUT2D eigenvalue weighted by Gasteiger charge is -2.14. The summed E-state index contributed by atoms with van der Waals surface area (Å²) < 4.78 is 5.32. The molecule has 2 fully saturated rings. The van der Waals surface area contributed by atoms with E-state index in [0.717, 1.165) is 25.0 Å². The van der Waals surface area contributed by atoms with Crippen LogP contribution in [0, 0.1) is 11.8 Å². The van der Waals surface area contributed by atoms with Crippen LogP contribution in [0.5, 0.6) is 0 Å². The Morgan fingerprint density at radius 1 is 1.17 bits per heavy atom. The number of nitrogens with two attached hydrogens (primary N) is 1. The summed E-state index contributed by atoms with van der Waals surface area (Å²) in [7, 11) is 0. The molecule has 2 rings (SSSR count). The molecule has 0 spiro atoms. The van der Waals surface area contributed by atoms with Crippen molar-refractivity contribution in [3.63, 3.8) is 0 Å². The van der Waals surface area contributed by atoms with Gasteiger partial charge in [0.05, 0.1) is 0 Å². The summed E-state index contributed by atoms with van der Waals surface area (Å²) in [6.07, 6.45) is 6.54. The van der Waals surface area contributed by atoms with Crippen molar-refractivity contribution in [1.82, 2.24) is 0 Å². The summed E-state index contributed by atoms with van der Waals surface area (Å²) in [5.74, 6) is 1.74. The summed E-state index contributed by atoms with van der Waals surface area (Å²) in [5, 5.41) is 0. The van der Waals surface area contributed by atoms with E-state index >= 15 is 0 Å². The lowest BCUT2D eigenvalue weighted by atomic mass is 9.96. The minimum Gasteiger partial charge on any atom is -0.381 e. The van der Waals surface area contributed by atoms with Crippen molar-refractivity contribution >= 4 is 0 Å². The van der Waals surface area contributed by atoms with E-state index in [1.54, 1.807) is 0 Å². The highest BCUT2D eigenvalue weighted by atomic mass is 16.5. The van der Waals surface area contributed by atoms with Crippen molar-refractivity contribution in [3.8, 4) is 0 Å². The fourth-order valence-electron chi connectivity index (χ4n) is 2.08. The Balaban J connectivity index is 1.62. The van der Waals surface area contributed by atoms with Crippen molar-refractivity contribution in [1.29, 1.82) is 0 Å². The van der Waals surface area contributed by atoms with Gasteiger partial charge in [-0.1, -0.05) is 12.8 Å². The van der Waals surface area contributed by atoms with E-state index in [0.29, 0.717) is 6.04 Å². The van der Waals surface area contributed by atoms with Gasteiger partial charge in [-0.05, 0) is 31.1 Å². The van der Waals surface area contributed by atoms with Crippen molar-refractivity contribution in [2.45, 2.75) is 38.1 Å². The summed E-state index contributed by atoms with van der Waals surface area (Å²) in [6, 6.07) is 0.448. The van der Waals surface area contributed by atoms with Gasteiger partial charge >= 0.3 is 0 Å². The normalized spacial score (nSPS) is 32.2. The van der Waals surface area contributed by atoms with Crippen molar-refractivity contribution in [2.24, 2.45) is 17.6 Å². The zero-order valence-corrected chi connectivity index (χ0v) is 7.67. The van der Waals surface area contributed by atoms with Gasteiger partial charge in [-0.3, -0.25) is 0 Å². The Bertz CT molecular complexity index is 139. The minimum absolute atomic E-state index is 0.448. The summed E-state index contributed by atoms with van der Waals surface area (Å²) in [5.41, 5.74) is 6.04. The fourth-order valence-corrected chi connectivity index (χ4v) is 2.08. The van der Waals surface area contributed by atoms with Crippen LogP contribution >= 0.6 is 0 Å². The van der Waals surface area contributed by atoms with Crippen LogP contribution in [-0.2, 0) is 4.74 Å². The first-order chi connectivity index (χ1) is 5.84. The number of rotatable bonds is 4. The molecule has 2 N–H and O–H groups in total. The molecule has 2 atom stereocenters. The van der Waals surface area contributed by atoms with E-state index in [-0.39, 0.29) is 0 Å². The third kappa shape index (κ3) is 2.46. The molecule has 2 aliphatic rings. The van der Waals surface area contributed by atoms with E-state index in [1.165, 1.54) is 32.1 Å². The van der Waals surface area contributed by atoms with E-state index in [9.17, 15) is 0 Å². The molecule has 1 saturated heterocycles. The molecule has 0 aromatic heterocycles. The van der Waals surface area contributed by atoms with Crippen LogP contribution in [-0.4, -0.2) is 19.3 Å². The topological polar surface area (TPSA) is 35.2 Å². The van der Waals surface area contributed by atoms with Crippen molar-refractivity contribution in [3.05, 3.63) is 0 Å². The summed E-state index contributed by atoms with van der Waals surface area (Å²) >= 11 is 0. The molecule has 1 aliphatic heterocycles. The van der Waals surface area contributed by atoms with Crippen LogP contribution in [0.2, 0.25) is 0 Å². The van der Waals surface area contributed by atoms with Gasteiger partial charge in [0.1, 0.15) is 0 Å². The second kappa shape index (κ2) is 3.75. The molecule has 0 bridgehead atoms. The molecular weight excluding hydrogens is 150 g/mol. The van der Waals surface area contributed by atoms with Gasteiger partial charge in [-0.2, -0.15) is 0 Å². The third-order valence-electron chi connectivity index (χ3n) is 2.99. The number of hydrogen-bond acceptors (Lipinski definition) is 2. The monoisotopic (exact) mass is 169 g/mol. The standard InChI is InChI=1S/C10H19NO/c11-10(5-8-1-2-8)6-9-3-4-12-7-9/h8-10H,1-7,11H2. The maximum absolute atomic E-state index is 6.04. The van der Waals surface area contributed by atoms with Crippen LogP contribution < -0.4 is 5.73 Å². The van der Waals surface area contributed by atoms with E-state index in [2.05, 4.69) is 0 Å². The lowest BCUT2D eigenvalue weighted by molar-refractivity contribution is 0.182. The van der Waals surface area contributed by atoms with Crippen LogP contribution in [0.15, 0.2) is 0 Å². The van der Waals surface area contributed by atoms with Crippen LogP contribution in [0.4, 0.5) is 0 Å². The Labute approximate surface area is 74.5 Å². The van der Waals surface area contributed by atoms with Crippen LogP contribution in [0.1, 0.15) is 32.1 Å². The van der Waals surface area contributed by atoms with Gasteiger partial charge < -0.3 is 10.5 Å². The Morgan fingerprint density at radius 2 is 1.92 bits per heavy atom. The minimum atomic E-state index is 0.448. The zero-order valence-electron chi connectivity index (χ0n) is 7.67. The summed E-state index contributed by atoms with van der Waals surface area (Å²) in [4.78, 5) is 0. The molecule has 12 heavy (non-hydrogen) atoms. The number of hydrogen-bond donors (Lipinski definition) is 1. The second-order valence-corrected chi connectivity index (χ2v) is 4.40. The first kappa shape index (κ1) is 8.52. The lowest BCUT2D eigenvalue weighted by Crippen LogP contribution is -2.24. The van der Waals surface area contributed by atoms with Gasteiger partial charge in [0.25, 0.3) is 0 Å². The highest BCUT2D eigenvalue weighted by Crippen LogP contribution is 2.34. The predicted molar refractivity (Wildman–Crippen MR) is 48.9 cm³/mol. The molecule has 0 aromatic carbocycles. The smallest absolute Gasteiger partial charge is 0.0495 e. The molecule has 0 radical (unpaired) electrons. The average Bonchev–Trinajstić information content (AvgIpc) is 2.66. The molecule has 2 nitrogen and oxygen atoms in total. The molecule has 2 heteroatoms. The highest BCUT2D eigenvalue weighted by molar-refractivity contribution is 4.80. The van der Waals surface area contributed by atoms with Gasteiger partial charge in [0.2, 0.25) is 0 Å². The van der Waals surface area contributed by atoms with Crippen LogP contribution in [0.25, 0.3) is 0 Å². The molecule has 1 saturated carbocycles. The third-order valence-corrected chi connectivity index (χ3v) is 2.99. The summed E-state index contributed by atoms with van der Waals surface area (Å²) in [6.45, 7) is 1.92. The first-order valence-corrected chi connectivity index (χ1v) is 5.18. The fraction of sp³-hybridized carbons (Fsp3) is 1.00. The largest absolute Gasteiger partial charge is 0.381 e. The predicted octanol–water partition coefficient (Wildman–Crippen LogP) is 1.54. The zero-order chi connectivity index (χ0) is 8.39. The van der Waals surface area contributed by atoms with Gasteiger partial charge in [-0.25, -0.2) is 0 Å². The quantitative estimate of drug-likeness (QED) is 0.693. The molecule has 2 unspecified atom stereocenters. The highest BCUT2D eigenvalue weighted by Gasteiger charge is 2.26. The number of ether oxygens (including phenoxy) is 1. The van der Waals surface area contributed by atoms with Gasteiger partial charge in [0, 0.05) is 19.3 Å². The molecule has 0 amide bonds. The Hall–Kier alpha value is -0.0800. The van der Waals surface area contributed by atoms with Crippen molar-refractivity contribution in [2.75, 3.05) is 13.2 Å². The molecule has 1 aliphatic carbocycles. The molecule has 0 aromatic rings. The maximum atomic E-state index is 6.04. The van der Waals surface area contributed by atoms with E-state index < -0.39 is 0 Å². The van der Waals surface area contributed by atoms with E-state index in [4.69, 9.17) is 10.5 Å². The SMILES string of the molecule is NC(CC1CC1)CC1CCOC1. The Morgan fingerprint density at radius 3 is 2.50 bits per heavy atom. The van der Waals surface area contributed by atoms with Crippen molar-refractivity contribution < 1.29 is 4.74 Å². The Kier molecular flexibility index (Phi) is 2.66. The second-order valence-electron chi connectivity index (χ2n) is 4.40. The van der Waals surface area contributed by atoms with Gasteiger partial charge in [-0.15, -0.1) is 0 Å². The molecular formula is C10H19NO. The van der Waals surface area contributed by atoms with E-state index in [1.807, 2.05) is 0 Å².